The molecule has 0 saturated carbocycles. The molecule has 158 valence electrons. The zero-order chi connectivity index (χ0) is 21.4. The summed E-state index contributed by atoms with van der Waals surface area (Å²) in [6, 6.07) is 8.38. The first-order valence-electron chi connectivity index (χ1n) is 10.6. The Kier molecular flexibility index (Phi) is 5.07. The van der Waals surface area contributed by atoms with Gasteiger partial charge in [0, 0.05) is 30.1 Å². The molecule has 0 bridgehead atoms. The third kappa shape index (κ3) is 4.11. The van der Waals surface area contributed by atoms with Crippen molar-refractivity contribution in [3.05, 3.63) is 54.6 Å². The molecule has 8 nitrogen and oxygen atoms in total. The summed E-state index contributed by atoms with van der Waals surface area (Å²) in [6.07, 6.45) is 8.84. The van der Waals surface area contributed by atoms with Crippen LogP contribution < -0.4 is 5.32 Å². The van der Waals surface area contributed by atoms with Gasteiger partial charge in [-0.2, -0.15) is 10.2 Å². The number of likely N-dealkylation sites (tertiary alicyclic amines) is 1. The first-order valence-corrected chi connectivity index (χ1v) is 10.6. The van der Waals surface area contributed by atoms with Gasteiger partial charge in [0.05, 0.1) is 29.5 Å². The number of likely N-dealkylation sites (N-methyl/N-ethyl adjacent to an activating group) is 1. The van der Waals surface area contributed by atoms with Crippen LogP contribution in [0.5, 0.6) is 0 Å². The summed E-state index contributed by atoms with van der Waals surface area (Å²) >= 11 is 0. The Morgan fingerprint density at radius 1 is 1.03 bits per heavy atom. The molecular formula is C23H26N8. The van der Waals surface area contributed by atoms with Crippen molar-refractivity contribution in [1.29, 1.82) is 0 Å². The van der Waals surface area contributed by atoms with Crippen molar-refractivity contribution < 1.29 is 0 Å². The second-order valence-corrected chi connectivity index (χ2v) is 8.53. The molecule has 0 spiro atoms. The van der Waals surface area contributed by atoms with Crippen LogP contribution in [0.15, 0.2) is 49.1 Å². The minimum Gasteiger partial charge on any atom is -0.323 e. The fourth-order valence-electron chi connectivity index (χ4n) is 3.94. The first-order chi connectivity index (χ1) is 15.0. The predicted molar refractivity (Wildman–Crippen MR) is 121 cm³/mol. The molecule has 4 aromatic rings. The molecule has 1 saturated heterocycles. The number of fused-ring (bicyclic) bond motifs is 1. The molecule has 0 radical (unpaired) electrons. The molecule has 0 aromatic carbocycles. The maximum atomic E-state index is 4.75. The zero-order valence-corrected chi connectivity index (χ0v) is 18.0. The van der Waals surface area contributed by atoms with Gasteiger partial charge in [0.25, 0.3) is 0 Å². The van der Waals surface area contributed by atoms with Crippen LogP contribution in [0.1, 0.15) is 37.8 Å². The Bertz CT molecular complexity index is 1220. The summed E-state index contributed by atoms with van der Waals surface area (Å²) in [4.78, 5) is 11.7. The van der Waals surface area contributed by atoms with Crippen LogP contribution in [0.4, 0.5) is 11.6 Å². The SMILES string of the molecule is CC(C)c1cnnc(Nc2ccc3ncc(-c4cnn(C5CCN(C)C5)c4)cc3n2)c1. The Hall–Kier alpha value is -3.39. The van der Waals surface area contributed by atoms with Crippen LogP contribution in [0, 0.1) is 0 Å². The van der Waals surface area contributed by atoms with E-state index in [2.05, 4.69) is 68.3 Å². The molecule has 0 amide bonds. The Morgan fingerprint density at radius 2 is 1.94 bits per heavy atom. The summed E-state index contributed by atoms with van der Waals surface area (Å²) in [6.45, 7) is 6.42. The highest BCUT2D eigenvalue weighted by molar-refractivity contribution is 5.81. The van der Waals surface area contributed by atoms with Crippen molar-refractivity contribution in [1.82, 2.24) is 34.8 Å². The van der Waals surface area contributed by atoms with Gasteiger partial charge in [0.15, 0.2) is 5.82 Å². The number of anilines is 2. The summed E-state index contributed by atoms with van der Waals surface area (Å²) in [5.74, 6) is 1.79. The van der Waals surface area contributed by atoms with Gasteiger partial charge in [0.1, 0.15) is 5.82 Å². The van der Waals surface area contributed by atoms with Gasteiger partial charge in [-0.05, 0) is 55.8 Å². The molecule has 1 aliphatic rings. The monoisotopic (exact) mass is 414 g/mol. The van der Waals surface area contributed by atoms with Crippen LogP contribution in [0.25, 0.3) is 22.2 Å². The first kappa shape index (κ1) is 19.6. The van der Waals surface area contributed by atoms with E-state index in [0.29, 0.717) is 23.6 Å². The lowest BCUT2D eigenvalue weighted by molar-refractivity contribution is 0.382. The Balaban J connectivity index is 1.41. The molecule has 1 atom stereocenters. The highest BCUT2D eigenvalue weighted by Crippen LogP contribution is 2.26. The number of pyridine rings is 2. The lowest BCUT2D eigenvalue weighted by atomic mass is 10.1. The number of nitrogens with zero attached hydrogens (tertiary/aromatic N) is 7. The van der Waals surface area contributed by atoms with E-state index < -0.39 is 0 Å². The zero-order valence-electron chi connectivity index (χ0n) is 18.0. The molecule has 0 aliphatic carbocycles. The van der Waals surface area contributed by atoms with Crippen LogP contribution in [-0.4, -0.2) is 55.0 Å². The molecule has 5 rings (SSSR count). The van der Waals surface area contributed by atoms with E-state index in [0.717, 1.165) is 47.2 Å². The van der Waals surface area contributed by atoms with Crippen molar-refractivity contribution in [2.24, 2.45) is 0 Å². The largest absolute Gasteiger partial charge is 0.323 e. The van der Waals surface area contributed by atoms with Gasteiger partial charge in [-0.3, -0.25) is 9.67 Å². The Morgan fingerprint density at radius 3 is 2.74 bits per heavy atom. The van der Waals surface area contributed by atoms with E-state index in [1.54, 1.807) is 6.20 Å². The van der Waals surface area contributed by atoms with Gasteiger partial charge in [-0.25, -0.2) is 4.98 Å². The number of nitrogens with one attached hydrogen (secondary N) is 1. The van der Waals surface area contributed by atoms with Crippen LogP contribution in [0.3, 0.4) is 0 Å². The summed E-state index contributed by atoms with van der Waals surface area (Å²) in [5, 5.41) is 16.1. The number of hydrogen-bond donors (Lipinski definition) is 1. The minimum absolute atomic E-state index is 0.387. The molecule has 1 N–H and O–H groups in total. The number of hydrogen-bond acceptors (Lipinski definition) is 7. The van der Waals surface area contributed by atoms with Crippen molar-refractivity contribution >= 4 is 22.7 Å². The van der Waals surface area contributed by atoms with Gasteiger partial charge >= 0.3 is 0 Å². The minimum atomic E-state index is 0.387. The molecule has 8 heteroatoms. The van der Waals surface area contributed by atoms with Gasteiger partial charge in [-0.1, -0.05) is 13.8 Å². The summed E-state index contributed by atoms with van der Waals surface area (Å²) in [5.41, 5.74) is 4.87. The third-order valence-electron chi connectivity index (χ3n) is 5.81. The van der Waals surface area contributed by atoms with E-state index in [1.165, 1.54) is 0 Å². The predicted octanol–water partition coefficient (Wildman–Crippen LogP) is 4.03. The van der Waals surface area contributed by atoms with Gasteiger partial charge in [0.2, 0.25) is 0 Å². The molecular weight excluding hydrogens is 388 g/mol. The van der Waals surface area contributed by atoms with E-state index in [4.69, 9.17) is 4.98 Å². The second kappa shape index (κ2) is 8.03. The normalized spacial score (nSPS) is 17.0. The Labute approximate surface area is 181 Å². The average molecular weight is 415 g/mol. The molecule has 1 aliphatic heterocycles. The summed E-state index contributed by atoms with van der Waals surface area (Å²) in [7, 11) is 2.15. The van der Waals surface area contributed by atoms with E-state index in [1.807, 2.05) is 30.6 Å². The molecule has 1 unspecified atom stereocenters. The van der Waals surface area contributed by atoms with Crippen LogP contribution in [-0.2, 0) is 0 Å². The molecule has 4 aromatic heterocycles. The fraction of sp³-hybridized carbons (Fsp3) is 0.348. The van der Waals surface area contributed by atoms with Crippen molar-refractivity contribution in [3.63, 3.8) is 0 Å². The van der Waals surface area contributed by atoms with Crippen molar-refractivity contribution in [2.75, 3.05) is 25.5 Å². The smallest absolute Gasteiger partial charge is 0.154 e. The molecule has 31 heavy (non-hydrogen) atoms. The number of rotatable bonds is 5. The topological polar surface area (TPSA) is 84.7 Å². The average Bonchev–Trinajstić information content (AvgIpc) is 3.42. The fourth-order valence-corrected chi connectivity index (χ4v) is 3.94. The quantitative estimate of drug-likeness (QED) is 0.528. The maximum absolute atomic E-state index is 4.75. The third-order valence-corrected chi connectivity index (χ3v) is 5.81. The van der Waals surface area contributed by atoms with Crippen LogP contribution in [0.2, 0.25) is 0 Å². The van der Waals surface area contributed by atoms with E-state index >= 15 is 0 Å². The van der Waals surface area contributed by atoms with Gasteiger partial charge in [-0.15, -0.1) is 5.10 Å². The van der Waals surface area contributed by atoms with E-state index in [-0.39, 0.29) is 0 Å². The highest BCUT2D eigenvalue weighted by Gasteiger charge is 2.21. The maximum Gasteiger partial charge on any atom is 0.154 e. The van der Waals surface area contributed by atoms with Crippen LogP contribution >= 0.6 is 0 Å². The van der Waals surface area contributed by atoms with Gasteiger partial charge < -0.3 is 10.2 Å². The molecule has 1 fully saturated rings. The van der Waals surface area contributed by atoms with Crippen molar-refractivity contribution in [3.8, 4) is 11.1 Å². The lowest BCUT2D eigenvalue weighted by Crippen LogP contribution is -2.16. The standard InChI is InChI=1S/C23H26N8/c1-15(2)16-9-23(29-25-11-16)28-22-5-4-20-21(27-22)8-17(10-24-20)18-12-26-31(13-18)19-6-7-30(3)14-19/h4-5,8-13,15,19H,6-7,14H2,1-3H3,(H,27,28,29). The lowest BCUT2D eigenvalue weighted by Gasteiger charge is -2.10. The highest BCUT2D eigenvalue weighted by atomic mass is 15.3. The second-order valence-electron chi connectivity index (χ2n) is 8.53. The molecule has 5 heterocycles. The number of aromatic nitrogens is 6. The van der Waals surface area contributed by atoms with Crippen molar-refractivity contribution in [2.45, 2.75) is 32.2 Å². The van der Waals surface area contributed by atoms with E-state index in [9.17, 15) is 0 Å². The summed E-state index contributed by atoms with van der Waals surface area (Å²) < 4.78 is 2.08.